The molecule has 3 heterocycles. The normalized spacial score (nSPS) is 14.0. The molecule has 1 aliphatic heterocycles. The second-order valence-corrected chi connectivity index (χ2v) is 7.92. The van der Waals surface area contributed by atoms with Crippen LogP contribution in [0.3, 0.4) is 0 Å². The van der Waals surface area contributed by atoms with Gasteiger partial charge in [-0.2, -0.15) is 5.10 Å². The lowest BCUT2D eigenvalue weighted by molar-refractivity contribution is 0.192. The Balaban J connectivity index is 1.38. The zero-order valence-electron chi connectivity index (χ0n) is 17.8. The minimum absolute atomic E-state index is 0.688. The summed E-state index contributed by atoms with van der Waals surface area (Å²) in [6.07, 6.45) is 4.94. The summed E-state index contributed by atoms with van der Waals surface area (Å²) in [6.45, 7) is 4.38. The molecular formula is C25H27N5O. The molecule has 0 N–H and O–H groups in total. The van der Waals surface area contributed by atoms with Crippen molar-refractivity contribution in [1.29, 1.82) is 0 Å². The molecule has 158 valence electrons. The fraction of sp³-hybridized carbons (Fsp3) is 0.280. The average Bonchev–Trinajstić information content (AvgIpc) is 3.43. The van der Waals surface area contributed by atoms with Crippen molar-refractivity contribution in [2.24, 2.45) is 0 Å². The van der Waals surface area contributed by atoms with Crippen LogP contribution in [0.15, 0.2) is 73.1 Å². The van der Waals surface area contributed by atoms with Crippen LogP contribution in [0.5, 0.6) is 0 Å². The van der Waals surface area contributed by atoms with Gasteiger partial charge in [0.2, 0.25) is 0 Å². The first-order valence-corrected chi connectivity index (χ1v) is 10.8. The Labute approximate surface area is 182 Å². The third-order valence-corrected chi connectivity index (χ3v) is 5.80. The monoisotopic (exact) mass is 413 g/mol. The number of fused-ring (bicyclic) bond motifs is 1. The van der Waals surface area contributed by atoms with Crippen molar-refractivity contribution in [1.82, 2.24) is 24.2 Å². The predicted octanol–water partition coefficient (Wildman–Crippen LogP) is 3.94. The van der Waals surface area contributed by atoms with Crippen LogP contribution in [0, 0.1) is 0 Å². The smallest absolute Gasteiger partial charge is 0.112 e. The maximum absolute atomic E-state index is 5.32. The SMILES string of the molecule is COCCc1nc(-c2ccccc2)c2n1CCN(Cc1cnn(-c3ccccc3)c1)C2. The van der Waals surface area contributed by atoms with E-state index in [-0.39, 0.29) is 0 Å². The molecule has 0 fully saturated rings. The number of aromatic nitrogens is 4. The van der Waals surface area contributed by atoms with E-state index in [2.05, 4.69) is 63.2 Å². The zero-order chi connectivity index (χ0) is 21.0. The lowest BCUT2D eigenvalue weighted by Gasteiger charge is -2.29. The van der Waals surface area contributed by atoms with Gasteiger partial charge in [-0.05, 0) is 12.1 Å². The quantitative estimate of drug-likeness (QED) is 0.460. The largest absolute Gasteiger partial charge is 0.384 e. The van der Waals surface area contributed by atoms with Gasteiger partial charge in [-0.1, -0.05) is 48.5 Å². The number of hydrogen-bond acceptors (Lipinski definition) is 4. The molecule has 0 unspecified atom stereocenters. The van der Waals surface area contributed by atoms with Crippen LogP contribution in [-0.4, -0.2) is 44.5 Å². The fourth-order valence-electron chi connectivity index (χ4n) is 4.26. The van der Waals surface area contributed by atoms with E-state index in [0.717, 1.165) is 49.8 Å². The van der Waals surface area contributed by atoms with Crippen LogP contribution in [0.1, 0.15) is 17.1 Å². The number of para-hydroxylation sites is 1. The second-order valence-electron chi connectivity index (χ2n) is 7.92. The highest BCUT2D eigenvalue weighted by atomic mass is 16.5. The molecule has 6 heteroatoms. The molecule has 0 saturated heterocycles. The number of benzene rings is 2. The molecule has 0 bridgehead atoms. The molecule has 4 aromatic rings. The Hall–Kier alpha value is -3.22. The molecule has 0 spiro atoms. The molecule has 0 amide bonds. The maximum atomic E-state index is 5.32. The van der Waals surface area contributed by atoms with Gasteiger partial charge < -0.3 is 9.30 Å². The third kappa shape index (κ3) is 4.17. The van der Waals surface area contributed by atoms with E-state index in [1.165, 1.54) is 16.8 Å². The lowest BCUT2D eigenvalue weighted by atomic mass is 10.1. The molecule has 5 rings (SSSR count). The van der Waals surface area contributed by atoms with Crippen LogP contribution < -0.4 is 0 Å². The van der Waals surface area contributed by atoms with Gasteiger partial charge in [0.05, 0.1) is 29.9 Å². The van der Waals surface area contributed by atoms with Crippen LogP contribution in [0.25, 0.3) is 16.9 Å². The summed E-state index contributed by atoms with van der Waals surface area (Å²) in [4.78, 5) is 7.51. The van der Waals surface area contributed by atoms with E-state index in [0.29, 0.717) is 6.61 Å². The van der Waals surface area contributed by atoms with Crippen molar-refractivity contribution >= 4 is 0 Å². The first kappa shape index (κ1) is 19.7. The van der Waals surface area contributed by atoms with Gasteiger partial charge in [-0.3, -0.25) is 4.90 Å². The van der Waals surface area contributed by atoms with Crippen molar-refractivity contribution < 1.29 is 4.74 Å². The predicted molar refractivity (Wildman–Crippen MR) is 121 cm³/mol. The van der Waals surface area contributed by atoms with E-state index < -0.39 is 0 Å². The fourth-order valence-corrected chi connectivity index (χ4v) is 4.26. The molecule has 2 aromatic heterocycles. The number of methoxy groups -OCH3 is 1. The Morgan fingerprint density at radius 1 is 0.968 bits per heavy atom. The van der Waals surface area contributed by atoms with Crippen molar-refractivity contribution in [3.8, 4) is 16.9 Å². The Morgan fingerprint density at radius 2 is 1.74 bits per heavy atom. The third-order valence-electron chi connectivity index (χ3n) is 5.80. The Bertz CT molecular complexity index is 1130. The number of imidazole rings is 1. The van der Waals surface area contributed by atoms with Gasteiger partial charge in [0.15, 0.2) is 0 Å². The zero-order valence-corrected chi connectivity index (χ0v) is 17.8. The van der Waals surface area contributed by atoms with E-state index in [4.69, 9.17) is 9.72 Å². The topological polar surface area (TPSA) is 48.1 Å². The van der Waals surface area contributed by atoms with Gasteiger partial charge in [0.25, 0.3) is 0 Å². The summed E-state index contributed by atoms with van der Waals surface area (Å²) in [5.74, 6) is 1.12. The van der Waals surface area contributed by atoms with Gasteiger partial charge in [-0.15, -0.1) is 0 Å². The van der Waals surface area contributed by atoms with Gasteiger partial charge >= 0.3 is 0 Å². The number of nitrogens with zero attached hydrogens (tertiary/aromatic N) is 5. The van der Waals surface area contributed by atoms with E-state index in [1.807, 2.05) is 29.1 Å². The van der Waals surface area contributed by atoms with Crippen molar-refractivity contribution in [2.75, 3.05) is 20.3 Å². The first-order chi connectivity index (χ1) is 15.3. The highest BCUT2D eigenvalue weighted by Crippen LogP contribution is 2.29. The van der Waals surface area contributed by atoms with E-state index in [1.54, 1.807) is 7.11 Å². The Kier molecular flexibility index (Phi) is 5.65. The molecule has 6 nitrogen and oxygen atoms in total. The van der Waals surface area contributed by atoms with Crippen LogP contribution in [0.4, 0.5) is 0 Å². The summed E-state index contributed by atoms with van der Waals surface area (Å²) < 4.78 is 9.66. The van der Waals surface area contributed by atoms with E-state index in [9.17, 15) is 0 Å². The van der Waals surface area contributed by atoms with Crippen LogP contribution in [0.2, 0.25) is 0 Å². The molecule has 1 aliphatic rings. The average molecular weight is 414 g/mol. The molecular weight excluding hydrogens is 386 g/mol. The molecule has 0 radical (unpaired) electrons. The van der Waals surface area contributed by atoms with Gasteiger partial charge in [0.1, 0.15) is 5.82 Å². The lowest BCUT2D eigenvalue weighted by Crippen LogP contribution is -2.33. The summed E-state index contributed by atoms with van der Waals surface area (Å²) in [7, 11) is 1.75. The van der Waals surface area contributed by atoms with Gasteiger partial charge in [-0.25, -0.2) is 9.67 Å². The van der Waals surface area contributed by atoms with Gasteiger partial charge in [0, 0.05) is 57.0 Å². The van der Waals surface area contributed by atoms with Crippen molar-refractivity contribution in [3.05, 3.63) is 90.1 Å². The highest BCUT2D eigenvalue weighted by Gasteiger charge is 2.25. The van der Waals surface area contributed by atoms with Crippen LogP contribution >= 0.6 is 0 Å². The molecule has 31 heavy (non-hydrogen) atoms. The minimum atomic E-state index is 0.688. The number of rotatable bonds is 7. The molecule has 0 aliphatic carbocycles. The van der Waals surface area contributed by atoms with Crippen molar-refractivity contribution in [3.63, 3.8) is 0 Å². The highest BCUT2D eigenvalue weighted by molar-refractivity contribution is 5.62. The second kappa shape index (κ2) is 8.88. The standard InChI is InChI=1S/C25H27N5O/c1-31-15-12-24-27-25(21-8-4-2-5-9-21)23-19-28(13-14-29(23)24)17-20-16-26-30(18-20)22-10-6-3-7-11-22/h2-11,16,18H,12-15,17,19H2,1H3. The van der Waals surface area contributed by atoms with Crippen molar-refractivity contribution in [2.45, 2.75) is 26.1 Å². The van der Waals surface area contributed by atoms with Crippen LogP contribution in [-0.2, 0) is 30.8 Å². The number of ether oxygens (including phenoxy) is 1. The molecule has 0 saturated carbocycles. The summed E-state index contributed by atoms with van der Waals surface area (Å²) >= 11 is 0. The Morgan fingerprint density at radius 3 is 2.52 bits per heavy atom. The summed E-state index contributed by atoms with van der Waals surface area (Å²) in [6, 6.07) is 20.7. The molecule has 2 aromatic carbocycles. The van der Waals surface area contributed by atoms with E-state index >= 15 is 0 Å². The maximum Gasteiger partial charge on any atom is 0.112 e. The molecule has 0 atom stereocenters. The first-order valence-electron chi connectivity index (χ1n) is 10.8. The minimum Gasteiger partial charge on any atom is -0.384 e. The number of hydrogen-bond donors (Lipinski definition) is 0. The summed E-state index contributed by atoms with van der Waals surface area (Å²) in [5.41, 5.74) is 5.86. The summed E-state index contributed by atoms with van der Waals surface area (Å²) in [5, 5.41) is 4.56.